The summed E-state index contributed by atoms with van der Waals surface area (Å²) in [6.45, 7) is 5.36. The Bertz CT molecular complexity index is 1180. The van der Waals surface area contributed by atoms with Gasteiger partial charge in [-0.25, -0.2) is 0 Å². The lowest BCUT2D eigenvalue weighted by molar-refractivity contribution is -0.385. The summed E-state index contributed by atoms with van der Waals surface area (Å²) in [5.74, 6) is -1.12. The van der Waals surface area contributed by atoms with Gasteiger partial charge in [0.2, 0.25) is 11.8 Å². The Hall–Kier alpha value is -3.37. The molecule has 0 aliphatic carbocycles. The lowest BCUT2D eigenvalue weighted by atomic mass is 10.1. The minimum absolute atomic E-state index is 0.0128. The predicted octanol–water partition coefficient (Wildman–Crippen LogP) is 3.35. The van der Waals surface area contributed by atoms with E-state index in [9.17, 15) is 24.5 Å². The van der Waals surface area contributed by atoms with Crippen molar-refractivity contribution in [1.82, 2.24) is 15.1 Å². The molecule has 1 atom stereocenters. The molecule has 0 aromatic heterocycles. The van der Waals surface area contributed by atoms with Gasteiger partial charge in [-0.05, 0) is 36.8 Å². The number of nitro benzene ring substituents is 1. The van der Waals surface area contributed by atoms with E-state index in [2.05, 4.69) is 5.32 Å². The Morgan fingerprint density at radius 3 is 2.33 bits per heavy atom. The molecule has 3 rings (SSSR count). The summed E-state index contributed by atoms with van der Waals surface area (Å²) in [6.07, 6.45) is 0. The number of nitrogens with one attached hydrogen (secondary N) is 1. The fourth-order valence-corrected chi connectivity index (χ4v) is 4.32. The summed E-state index contributed by atoms with van der Waals surface area (Å²) in [4.78, 5) is 53.5. The van der Waals surface area contributed by atoms with Gasteiger partial charge in [-0.2, -0.15) is 0 Å². The van der Waals surface area contributed by atoms with Crippen LogP contribution in [-0.4, -0.2) is 71.7 Å². The van der Waals surface area contributed by atoms with E-state index in [0.29, 0.717) is 41.9 Å². The molecule has 0 spiro atoms. The highest BCUT2D eigenvalue weighted by molar-refractivity contribution is 6.42. The minimum atomic E-state index is -0.937. The van der Waals surface area contributed by atoms with Crippen molar-refractivity contribution < 1.29 is 19.3 Å². The summed E-state index contributed by atoms with van der Waals surface area (Å²) in [5.41, 5.74) is 0.886. The van der Waals surface area contributed by atoms with E-state index < -0.39 is 16.9 Å². The molecule has 1 aliphatic rings. The van der Waals surface area contributed by atoms with Crippen LogP contribution in [0.15, 0.2) is 36.4 Å². The summed E-state index contributed by atoms with van der Waals surface area (Å²) >= 11 is 12.0. The van der Waals surface area contributed by atoms with Gasteiger partial charge < -0.3 is 20.0 Å². The van der Waals surface area contributed by atoms with Crippen LogP contribution in [0.3, 0.4) is 0 Å². The average Bonchev–Trinajstić information content (AvgIpc) is 2.85. The molecule has 1 aliphatic heterocycles. The molecule has 3 amide bonds. The highest BCUT2D eigenvalue weighted by Gasteiger charge is 2.27. The Balaban J connectivity index is 1.71. The van der Waals surface area contributed by atoms with Gasteiger partial charge in [0.15, 0.2) is 0 Å². The third kappa shape index (κ3) is 6.44. The van der Waals surface area contributed by atoms with Crippen LogP contribution in [0.2, 0.25) is 10.0 Å². The zero-order valence-electron chi connectivity index (χ0n) is 20.2. The first-order valence-corrected chi connectivity index (χ1v) is 12.0. The first-order valence-electron chi connectivity index (χ1n) is 11.3. The van der Waals surface area contributed by atoms with Gasteiger partial charge in [0, 0.05) is 58.4 Å². The topological polar surface area (TPSA) is 116 Å². The molecule has 12 heteroatoms. The van der Waals surface area contributed by atoms with E-state index in [1.807, 2.05) is 4.90 Å². The average molecular weight is 536 g/mol. The number of anilines is 1. The van der Waals surface area contributed by atoms with Crippen LogP contribution in [0.5, 0.6) is 0 Å². The monoisotopic (exact) mass is 535 g/mol. The van der Waals surface area contributed by atoms with Crippen molar-refractivity contribution in [1.29, 1.82) is 0 Å². The van der Waals surface area contributed by atoms with Crippen LogP contribution in [0.4, 0.5) is 11.4 Å². The number of rotatable bonds is 7. The van der Waals surface area contributed by atoms with Crippen LogP contribution in [-0.2, 0) is 16.1 Å². The zero-order valence-corrected chi connectivity index (χ0v) is 21.7. The molecule has 0 bridgehead atoms. The number of piperazine rings is 1. The van der Waals surface area contributed by atoms with Crippen LogP contribution >= 0.6 is 23.2 Å². The number of likely N-dealkylation sites (N-methyl/N-ethyl adjacent to an activating group) is 1. The number of benzene rings is 2. The Morgan fingerprint density at radius 1 is 1.08 bits per heavy atom. The first-order chi connectivity index (χ1) is 17.0. The number of carbonyl (C=O) groups excluding carboxylic acids is 3. The highest BCUT2D eigenvalue weighted by Crippen LogP contribution is 2.26. The van der Waals surface area contributed by atoms with Crippen LogP contribution in [0, 0.1) is 10.1 Å². The van der Waals surface area contributed by atoms with Crippen molar-refractivity contribution in [2.75, 3.05) is 38.1 Å². The van der Waals surface area contributed by atoms with Crippen molar-refractivity contribution in [2.45, 2.75) is 26.4 Å². The van der Waals surface area contributed by atoms with Crippen molar-refractivity contribution in [3.8, 4) is 0 Å². The second kappa shape index (κ2) is 11.6. The maximum absolute atomic E-state index is 13.0. The lowest BCUT2D eigenvalue weighted by Crippen LogP contribution is -2.48. The summed E-state index contributed by atoms with van der Waals surface area (Å²) in [5, 5.41) is 14.9. The molecule has 1 unspecified atom stereocenters. The van der Waals surface area contributed by atoms with E-state index in [1.165, 1.54) is 30.9 Å². The van der Waals surface area contributed by atoms with Gasteiger partial charge in [-0.3, -0.25) is 24.5 Å². The van der Waals surface area contributed by atoms with Crippen molar-refractivity contribution >= 4 is 52.3 Å². The number of hydrogen-bond donors (Lipinski definition) is 1. The molecule has 1 saturated heterocycles. The smallest absolute Gasteiger partial charge is 0.282 e. The summed E-state index contributed by atoms with van der Waals surface area (Å²) < 4.78 is 0. The molecule has 2 aromatic rings. The molecular formula is C24H27Cl2N5O5. The molecular weight excluding hydrogens is 509 g/mol. The van der Waals surface area contributed by atoms with Gasteiger partial charge in [0.1, 0.15) is 11.6 Å². The van der Waals surface area contributed by atoms with E-state index in [4.69, 9.17) is 23.2 Å². The Morgan fingerprint density at radius 2 is 1.75 bits per heavy atom. The quantitative estimate of drug-likeness (QED) is 0.429. The number of halogens is 2. The molecule has 1 heterocycles. The minimum Gasteiger partial charge on any atom is -0.368 e. The highest BCUT2D eigenvalue weighted by atomic mass is 35.5. The fraction of sp³-hybridized carbons (Fsp3) is 0.375. The number of carbonyl (C=O) groups is 3. The zero-order chi connectivity index (χ0) is 26.6. The summed E-state index contributed by atoms with van der Waals surface area (Å²) in [7, 11) is 1.58. The number of nitro groups is 1. The molecule has 2 aromatic carbocycles. The van der Waals surface area contributed by atoms with E-state index in [1.54, 1.807) is 36.2 Å². The number of hydrogen-bond acceptors (Lipinski definition) is 6. The Labute approximate surface area is 218 Å². The SMILES string of the molecule is CC(=O)N1CCN(c2ccc([N+](=O)[O-])c(C(=O)NC(C)C(=O)N(C)Cc3ccc(Cl)c(Cl)c3)c2)CC1. The van der Waals surface area contributed by atoms with Crippen LogP contribution in [0.25, 0.3) is 0 Å². The number of nitrogens with zero attached hydrogens (tertiary/aromatic N) is 4. The van der Waals surface area contributed by atoms with Crippen LogP contribution < -0.4 is 10.2 Å². The predicted molar refractivity (Wildman–Crippen MR) is 137 cm³/mol. The lowest BCUT2D eigenvalue weighted by Gasteiger charge is -2.35. The van der Waals surface area contributed by atoms with E-state index >= 15 is 0 Å². The van der Waals surface area contributed by atoms with Crippen molar-refractivity contribution in [2.24, 2.45) is 0 Å². The molecule has 0 radical (unpaired) electrons. The fourth-order valence-electron chi connectivity index (χ4n) is 4.00. The summed E-state index contributed by atoms with van der Waals surface area (Å²) in [6, 6.07) is 8.41. The Kier molecular flexibility index (Phi) is 8.75. The second-order valence-corrected chi connectivity index (χ2v) is 9.40. The van der Waals surface area contributed by atoms with Crippen LogP contribution in [0.1, 0.15) is 29.8 Å². The first kappa shape index (κ1) is 27.2. The maximum atomic E-state index is 13.0. The molecule has 1 fully saturated rings. The normalized spacial score (nSPS) is 14.2. The van der Waals surface area contributed by atoms with Gasteiger partial charge >= 0.3 is 0 Å². The van der Waals surface area contributed by atoms with Gasteiger partial charge in [0.25, 0.3) is 11.6 Å². The van der Waals surface area contributed by atoms with Crippen molar-refractivity contribution in [3.63, 3.8) is 0 Å². The molecule has 10 nitrogen and oxygen atoms in total. The van der Waals surface area contributed by atoms with Gasteiger partial charge in [-0.15, -0.1) is 0 Å². The third-order valence-electron chi connectivity index (χ3n) is 6.01. The van der Waals surface area contributed by atoms with E-state index in [-0.39, 0.29) is 29.6 Å². The molecule has 0 saturated carbocycles. The van der Waals surface area contributed by atoms with Gasteiger partial charge in [-0.1, -0.05) is 29.3 Å². The molecule has 192 valence electrons. The van der Waals surface area contributed by atoms with Crippen molar-refractivity contribution in [3.05, 3.63) is 67.7 Å². The maximum Gasteiger partial charge on any atom is 0.282 e. The van der Waals surface area contributed by atoms with Gasteiger partial charge in [0.05, 0.1) is 15.0 Å². The second-order valence-electron chi connectivity index (χ2n) is 8.59. The standard InChI is InChI=1S/C24H27Cl2N5O5/c1-15(24(34)28(3)14-17-4-6-20(25)21(26)12-17)27-23(33)19-13-18(5-7-22(19)31(35)36)30-10-8-29(9-11-30)16(2)32/h4-7,12-13,15H,8-11,14H2,1-3H3,(H,27,33). The molecule has 1 N–H and O–H groups in total. The van der Waals surface area contributed by atoms with E-state index in [0.717, 1.165) is 5.56 Å². The molecule has 36 heavy (non-hydrogen) atoms. The third-order valence-corrected chi connectivity index (χ3v) is 6.75. The largest absolute Gasteiger partial charge is 0.368 e. The number of amides is 3.